The van der Waals surface area contributed by atoms with E-state index in [1.165, 1.54) is 24.8 Å². The van der Waals surface area contributed by atoms with Gasteiger partial charge in [-0.1, -0.05) is 51.7 Å². The van der Waals surface area contributed by atoms with E-state index in [0.717, 1.165) is 25.0 Å². The molecule has 1 aromatic carbocycles. The van der Waals surface area contributed by atoms with Gasteiger partial charge in [-0.3, -0.25) is 0 Å². The fraction of sp³-hybridized carbons (Fsp3) is 0.556. The van der Waals surface area contributed by atoms with Crippen LogP contribution in [-0.4, -0.2) is 6.29 Å². The zero-order valence-electron chi connectivity index (χ0n) is 14.7. The number of benzene rings is 1. The van der Waals surface area contributed by atoms with E-state index >= 15 is 0 Å². The highest BCUT2D eigenvalue weighted by Crippen LogP contribution is 2.70. The van der Waals surface area contributed by atoms with Crippen LogP contribution in [0, 0.1) is 0 Å². The molecule has 0 radical (unpaired) electrons. The molecule has 6 nitrogen and oxygen atoms in total. The minimum absolute atomic E-state index is 0.0204. The first-order valence-electron chi connectivity index (χ1n) is 8.97. The third kappa shape index (κ3) is 4.63. The predicted octanol–water partition coefficient (Wildman–Crippen LogP) is 5.64. The SMILES string of the molecule is CCCCCCCC(OC1=C2OP(=O)(O1)O2)Oc1ccc(CC)cc1. The zero-order valence-corrected chi connectivity index (χ0v) is 15.6. The van der Waals surface area contributed by atoms with Gasteiger partial charge < -0.3 is 23.0 Å². The van der Waals surface area contributed by atoms with Crippen LogP contribution >= 0.6 is 7.82 Å². The highest BCUT2D eigenvalue weighted by Gasteiger charge is 2.58. The van der Waals surface area contributed by atoms with Crippen molar-refractivity contribution in [2.45, 2.75) is 65.1 Å². The first-order valence-corrected chi connectivity index (χ1v) is 10.4. The number of phosphoric ester groups is 1. The summed E-state index contributed by atoms with van der Waals surface area (Å²) in [5, 5.41) is 0. The number of ether oxygens (including phenoxy) is 2. The number of hydrogen-bond acceptors (Lipinski definition) is 6. The van der Waals surface area contributed by atoms with Crippen molar-refractivity contribution >= 4 is 7.82 Å². The molecule has 2 bridgehead atoms. The number of fused-ring (bicyclic) bond motifs is 1. The molecule has 1 unspecified atom stereocenters. The zero-order chi connectivity index (χ0) is 17.7. The fourth-order valence-corrected chi connectivity index (χ4v) is 3.63. The van der Waals surface area contributed by atoms with Crippen LogP contribution in [0.25, 0.3) is 0 Å². The van der Waals surface area contributed by atoms with Gasteiger partial charge in [-0.05, 0) is 30.5 Å². The Balaban J connectivity index is 1.57. The summed E-state index contributed by atoms with van der Waals surface area (Å²) in [4.78, 5) is 0. The molecular weight excluding hydrogens is 343 g/mol. The third-order valence-corrected chi connectivity index (χ3v) is 5.30. The second-order valence-electron chi connectivity index (χ2n) is 6.16. The highest BCUT2D eigenvalue weighted by atomic mass is 31.2. The van der Waals surface area contributed by atoms with Crippen LogP contribution in [-0.2, 0) is 29.3 Å². The second kappa shape index (κ2) is 8.05. The van der Waals surface area contributed by atoms with Crippen molar-refractivity contribution in [2.75, 3.05) is 0 Å². The van der Waals surface area contributed by atoms with Crippen LogP contribution in [0.15, 0.2) is 36.2 Å². The van der Waals surface area contributed by atoms with E-state index in [-0.39, 0.29) is 11.9 Å². The second-order valence-corrected chi connectivity index (χ2v) is 7.60. The quantitative estimate of drug-likeness (QED) is 0.286. The van der Waals surface area contributed by atoms with E-state index < -0.39 is 14.1 Å². The van der Waals surface area contributed by atoms with Crippen LogP contribution < -0.4 is 4.74 Å². The monoisotopic (exact) mass is 368 g/mol. The number of hydrogen-bond donors (Lipinski definition) is 0. The van der Waals surface area contributed by atoms with Gasteiger partial charge in [0.1, 0.15) is 5.75 Å². The van der Waals surface area contributed by atoms with Gasteiger partial charge in [0.15, 0.2) is 0 Å². The summed E-state index contributed by atoms with van der Waals surface area (Å²) in [6.45, 7) is 4.30. The molecule has 1 fully saturated rings. The minimum Gasteiger partial charge on any atom is -0.455 e. The Morgan fingerprint density at radius 1 is 0.960 bits per heavy atom. The molecule has 0 aromatic heterocycles. The first-order chi connectivity index (χ1) is 12.1. The molecule has 4 rings (SSSR count). The van der Waals surface area contributed by atoms with E-state index in [4.69, 9.17) is 23.0 Å². The first kappa shape index (κ1) is 18.0. The van der Waals surface area contributed by atoms with Gasteiger partial charge in [0.25, 0.3) is 0 Å². The fourth-order valence-electron chi connectivity index (χ4n) is 2.66. The van der Waals surface area contributed by atoms with Gasteiger partial charge >= 0.3 is 19.7 Å². The third-order valence-electron chi connectivity index (χ3n) is 4.13. The molecule has 1 saturated heterocycles. The predicted molar refractivity (Wildman–Crippen MR) is 92.6 cm³/mol. The van der Waals surface area contributed by atoms with Crippen molar-refractivity contribution in [1.82, 2.24) is 0 Å². The van der Waals surface area contributed by atoms with E-state index in [0.29, 0.717) is 6.42 Å². The van der Waals surface area contributed by atoms with Gasteiger partial charge in [0.2, 0.25) is 6.29 Å². The summed E-state index contributed by atoms with van der Waals surface area (Å²) in [5.41, 5.74) is 1.24. The lowest BCUT2D eigenvalue weighted by Gasteiger charge is -2.19. The highest BCUT2D eigenvalue weighted by molar-refractivity contribution is 7.50. The van der Waals surface area contributed by atoms with Crippen LogP contribution in [0.5, 0.6) is 5.75 Å². The van der Waals surface area contributed by atoms with Gasteiger partial charge in [-0.2, -0.15) is 4.57 Å². The maximum atomic E-state index is 11.6. The summed E-state index contributed by atoms with van der Waals surface area (Å²) in [6, 6.07) is 7.91. The summed E-state index contributed by atoms with van der Waals surface area (Å²) >= 11 is 0. The lowest BCUT2D eigenvalue weighted by Crippen LogP contribution is -2.20. The standard InChI is InChI=1S/C18H25O6P/c1-3-5-6-7-8-9-16(20-15-12-10-14(4-2)11-13-15)21-17-18-23-25(19,22-17)24-18/h10-13,16H,3-9H2,1-2H3. The average Bonchev–Trinajstić information content (AvgIpc) is 3.07. The van der Waals surface area contributed by atoms with Gasteiger partial charge in [0.05, 0.1) is 0 Å². The van der Waals surface area contributed by atoms with Crippen LogP contribution in [0.2, 0.25) is 0 Å². The van der Waals surface area contributed by atoms with E-state index in [1.807, 2.05) is 24.3 Å². The molecule has 0 N–H and O–H groups in total. The topological polar surface area (TPSA) is 63.2 Å². The Morgan fingerprint density at radius 3 is 2.28 bits per heavy atom. The average molecular weight is 368 g/mol. The molecule has 0 aliphatic carbocycles. The van der Waals surface area contributed by atoms with Gasteiger partial charge in [-0.25, -0.2) is 0 Å². The molecule has 1 atom stereocenters. The normalized spacial score (nSPS) is 17.8. The summed E-state index contributed by atoms with van der Waals surface area (Å²) in [7, 11) is -3.40. The van der Waals surface area contributed by atoms with Crippen LogP contribution in [0.1, 0.15) is 57.9 Å². The van der Waals surface area contributed by atoms with E-state index in [1.54, 1.807) is 0 Å². The Morgan fingerprint density at radius 2 is 1.68 bits per heavy atom. The van der Waals surface area contributed by atoms with Crippen molar-refractivity contribution in [2.24, 2.45) is 0 Å². The molecule has 25 heavy (non-hydrogen) atoms. The summed E-state index contributed by atoms with van der Waals surface area (Å²) in [5.74, 6) is 0.788. The van der Waals surface area contributed by atoms with Crippen molar-refractivity contribution in [3.63, 3.8) is 0 Å². The number of unbranched alkanes of at least 4 members (excludes halogenated alkanes) is 4. The lowest BCUT2D eigenvalue weighted by atomic mass is 10.1. The van der Waals surface area contributed by atoms with Crippen molar-refractivity contribution in [3.05, 3.63) is 41.7 Å². The Kier molecular flexibility index (Phi) is 5.79. The number of rotatable bonds is 11. The summed E-state index contributed by atoms with van der Waals surface area (Å²) < 4.78 is 38.1. The molecule has 0 amide bonds. The number of aryl methyl sites for hydroxylation is 1. The van der Waals surface area contributed by atoms with Crippen molar-refractivity contribution in [1.29, 1.82) is 0 Å². The Bertz CT molecular complexity index is 642. The van der Waals surface area contributed by atoms with E-state index in [2.05, 4.69) is 13.8 Å². The molecule has 7 heteroatoms. The maximum Gasteiger partial charge on any atom is 0.654 e. The molecule has 3 aliphatic rings. The Labute approximate surface area is 148 Å². The molecule has 3 aliphatic heterocycles. The molecule has 138 valence electrons. The molecule has 3 heterocycles. The molecule has 0 spiro atoms. The number of phosphoric acid groups is 1. The van der Waals surface area contributed by atoms with E-state index in [9.17, 15) is 4.57 Å². The van der Waals surface area contributed by atoms with Crippen molar-refractivity contribution < 1.29 is 27.6 Å². The van der Waals surface area contributed by atoms with Gasteiger partial charge in [0, 0.05) is 6.42 Å². The molecule has 1 aromatic rings. The maximum absolute atomic E-state index is 11.6. The molecule has 0 saturated carbocycles. The summed E-state index contributed by atoms with van der Waals surface area (Å²) in [6.07, 6.45) is 6.85. The minimum atomic E-state index is -3.40. The molecular formula is C18H25O6P. The smallest absolute Gasteiger partial charge is 0.455 e. The van der Waals surface area contributed by atoms with Crippen molar-refractivity contribution in [3.8, 4) is 5.75 Å². The van der Waals surface area contributed by atoms with Crippen LogP contribution in [0.3, 0.4) is 0 Å². The van der Waals surface area contributed by atoms with Gasteiger partial charge in [-0.15, -0.1) is 0 Å². The largest absolute Gasteiger partial charge is 0.654 e. The Hall–Kier alpha value is -1.81. The van der Waals surface area contributed by atoms with Crippen LogP contribution in [0.4, 0.5) is 0 Å². The lowest BCUT2D eigenvalue weighted by molar-refractivity contribution is -0.0804.